The molecule has 18 heavy (non-hydrogen) atoms. The van der Waals surface area contributed by atoms with E-state index in [2.05, 4.69) is 11.9 Å². The minimum Gasteiger partial charge on any atom is -0.480 e. The Morgan fingerprint density at radius 2 is 2.28 bits per heavy atom. The van der Waals surface area contributed by atoms with E-state index in [0.29, 0.717) is 31.1 Å². The SMILES string of the molecule is CCCCN(CCN)C(=O)c1cccnc1OC. The van der Waals surface area contributed by atoms with E-state index in [4.69, 9.17) is 10.5 Å². The Morgan fingerprint density at radius 3 is 2.89 bits per heavy atom. The van der Waals surface area contributed by atoms with Crippen LogP contribution in [0.5, 0.6) is 5.88 Å². The fourth-order valence-electron chi connectivity index (χ4n) is 1.71. The number of amides is 1. The summed E-state index contributed by atoms with van der Waals surface area (Å²) in [4.78, 5) is 18.2. The maximum Gasteiger partial charge on any atom is 0.259 e. The largest absolute Gasteiger partial charge is 0.480 e. The van der Waals surface area contributed by atoms with Gasteiger partial charge >= 0.3 is 0 Å². The van der Waals surface area contributed by atoms with Crippen molar-refractivity contribution >= 4 is 5.91 Å². The van der Waals surface area contributed by atoms with Gasteiger partial charge in [0.2, 0.25) is 5.88 Å². The Labute approximate surface area is 108 Å². The molecule has 0 unspecified atom stereocenters. The molecule has 0 aliphatic carbocycles. The summed E-state index contributed by atoms with van der Waals surface area (Å²) in [5.41, 5.74) is 6.04. The molecule has 1 rings (SSSR count). The third kappa shape index (κ3) is 3.70. The minimum absolute atomic E-state index is 0.0705. The van der Waals surface area contributed by atoms with Crippen LogP contribution in [0.25, 0.3) is 0 Å². The van der Waals surface area contributed by atoms with Crippen molar-refractivity contribution in [2.75, 3.05) is 26.7 Å². The second kappa shape index (κ2) is 7.66. The van der Waals surface area contributed by atoms with Gasteiger partial charge in [0.1, 0.15) is 5.56 Å². The molecule has 1 amide bonds. The molecule has 0 atom stereocenters. The highest BCUT2D eigenvalue weighted by atomic mass is 16.5. The Hall–Kier alpha value is -1.62. The van der Waals surface area contributed by atoms with Crippen LogP contribution >= 0.6 is 0 Å². The van der Waals surface area contributed by atoms with Gasteiger partial charge in [0.05, 0.1) is 7.11 Å². The highest BCUT2D eigenvalue weighted by molar-refractivity contribution is 5.96. The Balaban J connectivity index is 2.86. The van der Waals surface area contributed by atoms with Crippen molar-refractivity contribution in [2.24, 2.45) is 5.73 Å². The molecule has 1 aromatic rings. The lowest BCUT2D eigenvalue weighted by atomic mass is 10.2. The molecule has 0 bridgehead atoms. The van der Waals surface area contributed by atoms with E-state index < -0.39 is 0 Å². The smallest absolute Gasteiger partial charge is 0.259 e. The van der Waals surface area contributed by atoms with Crippen LogP contribution in [-0.2, 0) is 0 Å². The zero-order valence-electron chi connectivity index (χ0n) is 11.1. The molecular weight excluding hydrogens is 230 g/mol. The van der Waals surface area contributed by atoms with Gasteiger partial charge in [-0.05, 0) is 18.6 Å². The molecule has 0 aliphatic rings. The quantitative estimate of drug-likeness (QED) is 0.793. The van der Waals surface area contributed by atoms with Gasteiger partial charge < -0.3 is 15.4 Å². The van der Waals surface area contributed by atoms with Crippen LogP contribution in [0, 0.1) is 0 Å². The average molecular weight is 251 g/mol. The zero-order chi connectivity index (χ0) is 13.4. The van der Waals surface area contributed by atoms with Crippen LogP contribution in [0.4, 0.5) is 0 Å². The van der Waals surface area contributed by atoms with E-state index in [1.807, 2.05) is 0 Å². The predicted molar refractivity (Wildman–Crippen MR) is 70.7 cm³/mol. The van der Waals surface area contributed by atoms with E-state index >= 15 is 0 Å². The summed E-state index contributed by atoms with van der Waals surface area (Å²) in [7, 11) is 1.51. The number of carbonyl (C=O) groups excluding carboxylic acids is 1. The number of pyridine rings is 1. The van der Waals surface area contributed by atoms with Crippen LogP contribution in [0.1, 0.15) is 30.1 Å². The number of ether oxygens (including phenoxy) is 1. The van der Waals surface area contributed by atoms with Crippen molar-refractivity contribution in [3.05, 3.63) is 23.9 Å². The van der Waals surface area contributed by atoms with E-state index in [1.165, 1.54) is 7.11 Å². The summed E-state index contributed by atoms with van der Waals surface area (Å²) in [6.45, 7) is 3.81. The molecule has 2 N–H and O–H groups in total. The standard InChI is InChI=1S/C13H21N3O2/c1-3-4-9-16(10-7-14)13(17)11-6-5-8-15-12(11)18-2/h5-6,8H,3-4,7,9-10,14H2,1-2H3. The molecule has 5 heteroatoms. The van der Waals surface area contributed by atoms with Crippen LogP contribution < -0.4 is 10.5 Å². The van der Waals surface area contributed by atoms with Crippen molar-refractivity contribution in [2.45, 2.75) is 19.8 Å². The topological polar surface area (TPSA) is 68.5 Å². The number of nitrogens with two attached hydrogens (primary N) is 1. The fourth-order valence-corrected chi connectivity index (χ4v) is 1.71. The molecule has 0 spiro atoms. The highest BCUT2D eigenvalue weighted by Crippen LogP contribution is 2.16. The molecule has 0 aliphatic heterocycles. The van der Waals surface area contributed by atoms with Gasteiger partial charge in [-0.1, -0.05) is 13.3 Å². The van der Waals surface area contributed by atoms with Gasteiger partial charge in [0, 0.05) is 25.8 Å². The molecule has 1 aromatic heterocycles. The van der Waals surface area contributed by atoms with Gasteiger partial charge in [-0.25, -0.2) is 4.98 Å². The van der Waals surface area contributed by atoms with Gasteiger partial charge in [-0.3, -0.25) is 4.79 Å². The summed E-state index contributed by atoms with van der Waals surface area (Å²) in [5, 5.41) is 0. The molecule has 0 saturated heterocycles. The van der Waals surface area contributed by atoms with Gasteiger partial charge in [0.15, 0.2) is 0 Å². The van der Waals surface area contributed by atoms with Crippen molar-refractivity contribution in [1.29, 1.82) is 0 Å². The normalized spacial score (nSPS) is 10.2. The van der Waals surface area contributed by atoms with Crippen molar-refractivity contribution < 1.29 is 9.53 Å². The first-order valence-electron chi connectivity index (χ1n) is 6.23. The number of nitrogens with zero attached hydrogens (tertiary/aromatic N) is 2. The monoisotopic (exact) mass is 251 g/mol. The molecule has 0 aromatic carbocycles. The van der Waals surface area contributed by atoms with Crippen molar-refractivity contribution in [3.8, 4) is 5.88 Å². The van der Waals surface area contributed by atoms with E-state index in [0.717, 1.165) is 12.8 Å². The summed E-state index contributed by atoms with van der Waals surface area (Å²) in [6.07, 6.45) is 3.61. The van der Waals surface area contributed by atoms with E-state index in [9.17, 15) is 4.79 Å². The number of methoxy groups -OCH3 is 1. The number of hydrogen-bond acceptors (Lipinski definition) is 4. The Bertz CT molecular complexity index is 382. The van der Waals surface area contributed by atoms with Crippen LogP contribution in [0.3, 0.4) is 0 Å². The number of unbranched alkanes of at least 4 members (excludes halogenated alkanes) is 1. The lowest BCUT2D eigenvalue weighted by Gasteiger charge is -2.22. The number of carbonyl (C=O) groups is 1. The van der Waals surface area contributed by atoms with Crippen LogP contribution in [-0.4, -0.2) is 42.5 Å². The second-order valence-corrected chi connectivity index (χ2v) is 3.99. The lowest BCUT2D eigenvalue weighted by Crippen LogP contribution is -2.36. The summed E-state index contributed by atoms with van der Waals surface area (Å²) in [6, 6.07) is 3.46. The molecule has 0 saturated carbocycles. The molecule has 1 heterocycles. The predicted octanol–water partition coefficient (Wildman–Crippen LogP) is 1.29. The Morgan fingerprint density at radius 1 is 1.50 bits per heavy atom. The number of hydrogen-bond donors (Lipinski definition) is 1. The third-order valence-corrected chi connectivity index (χ3v) is 2.66. The number of aromatic nitrogens is 1. The lowest BCUT2D eigenvalue weighted by molar-refractivity contribution is 0.0754. The molecule has 100 valence electrons. The van der Waals surface area contributed by atoms with Crippen molar-refractivity contribution in [3.63, 3.8) is 0 Å². The maximum absolute atomic E-state index is 12.4. The first kappa shape index (κ1) is 14.4. The molecule has 0 radical (unpaired) electrons. The van der Waals surface area contributed by atoms with Crippen molar-refractivity contribution in [1.82, 2.24) is 9.88 Å². The number of rotatable bonds is 7. The van der Waals surface area contributed by atoms with Gasteiger partial charge in [-0.2, -0.15) is 0 Å². The zero-order valence-corrected chi connectivity index (χ0v) is 11.1. The fraction of sp³-hybridized carbons (Fsp3) is 0.538. The molecular formula is C13H21N3O2. The molecule has 5 nitrogen and oxygen atoms in total. The third-order valence-electron chi connectivity index (χ3n) is 2.66. The van der Waals surface area contributed by atoms with E-state index in [-0.39, 0.29) is 5.91 Å². The van der Waals surface area contributed by atoms with Gasteiger partial charge in [0.25, 0.3) is 5.91 Å². The molecule has 0 fully saturated rings. The second-order valence-electron chi connectivity index (χ2n) is 3.99. The average Bonchev–Trinajstić information content (AvgIpc) is 2.42. The highest BCUT2D eigenvalue weighted by Gasteiger charge is 2.19. The van der Waals surface area contributed by atoms with E-state index in [1.54, 1.807) is 23.2 Å². The first-order chi connectivity index (χ1) is 8.74. The summed E-state index contributed by atoms with van der Waals surface area (Å²) in [5.74, 6) is 0.292. The summed E-state index contributed by atoms with van der Waals surface area (Å²) < 4.78 is 5.11. The summed E-state index contributed by atoms with van der Waals surface area (Å²) >= 11 is 0. The minimum atomic E-state index is -0.0705. The van der Waals surface area contributed by atoms with Crippen LogP contribution in [0.2, 0.25) is 0 Å². The first-order valence-corrected chi connectivity index (χ1v) is 6.23. The van der Waals surface area contributed by atoms with Gasteiger partial charge in [-0.15, -0.1) is 0 Å². The van der Waals surface area contributed by atoms with Crippen LogP contribution in [0.15, 0.2) is 18.3 Å². The Kier molecular flexibility index (Phi) is 6.14. The maximum atomic E-state index is 12.4.